The van der Waals surface area contributed by atoms with Crippen molar-refractivity contribution in [2.24, 2.45) is 17.3 Å². The summed E-state index contributed by atoms with van der Waals surface area (Å²) in [5.74, 6) is -0.924. The summed E-state index contributed by atoms with van der Waals surface area (Å²) in [7, 11) is 3.31. The Labute approximate surface area is 372 Å². The monoisotopic (exact) mass is 885 g/mol. The minimum absolute atomic E-state index is 0.159. The number of ether oxygens (including phenoxy) is 2. The van der Waals surface area contributed by atoms with Crippen LogP contribution in [0.1, 0.15) is 76.8 Å². The number of thiazole rings is 1. The molecule has 3 aromatic heterocycles. The number of likely N-dealkylation sites (tertiary alicyclic amines) is 1. The first-order valence-electron chi connectivity index (χ1n) is 21.3. The van der Waals surface area contributed by atoms with E-state index in [-0.39, 0.29) is 48.8 Å². The Hall–Kier alpha value is -5.02. The van der Waals surface area contributed by atoms with Crippen LogP contribution >= 0.6 is 23.3 Å². The number of hydrazine groups is 1. The van der Waals surface area contributed by atoms with E-state index >= 15 is 0 Å². The van der Waals surface area contributed by atoms with Gasteiger partial charge in [0.15, 0.2) is 0 Å². The zero-order valence-electron chi connectivity index (χ0n) is 37.0. The van der Waals surface area contributed by atoms with Gasteiger partial charge in [-0.25, -0.2) is 15.2 Å². The fraction of sp³-hybridized carbons (Fsp3) is 0.533. The highest BCUT2D eigenvalue weighted by molar-refractivity contribution is 7.98. The van der Waals surface area contributed by atoms with Gasteiger partial charge in [0.05, 0.1) is 46.8 Å². The lowest BCUT2D eigenvalue weighted by Crippen LogP contribution is -2.57. The number of hydrogen-bond donors (Lipinski definition) is 2. The highest BCUT2D eigenvalue weighted by Crippen LogP contribution is 2.42. The molecule has 62 heavy (non-hydrogen) atoms. The third-order valence-corrected chi connectivity index (χ3v) is 13.8. The van der Waals surface area contributed by atoms with Crippen LogP contribution in [0.15, 0.2) is 41.9 Å². The third-order valence-electron chi connectivity index (χ3n) is 11.5. The number of hydrogen-bond acceptors (Lipinski definition) is 12. The largest absolute Gasteiger partial charge is 0.467 e. The lowest BCUT2D eigenvalue weighted by molar-refractivity contribution is -0.140. The van der Waals surface area contributed by atoms with Gasteiger partial charge < -0.3 is 24.3 Å². The van der Waals surface area contributed by atoms with Crippen molar-refractivity contribution in [3.63, 3.8) is 0 Å². The van der Waals surface area contributed by atoms with Crippen molar-refractivity contribution >= 4 is 58.5 Å². The summed E-state index contributed by atoms with van der Waals surface area (Å²) in [4.78, 5) is 64.0. The number of fused-ring (bicyclic) bond motifs is 1. The Balaban J connectivity index is 1.32. The molecule has 4 amide bonds. The average molecular weight is 886 g/mol. The average Bonchev–Trinajstić information content (AvgIpc) is 3.85. The lowest BCUT2D eigenvalue weighted by atomic mass is 9.84. The zero-order valence-corrected chi connectivity index (χ0v) is 38.6. The van der Waals surface area contributed by atoms with Gasteiger partial charge in [0.25, 0.3) is 12.4 Å². The molecule has 0 spiro atoms. The second-order valence-corrected chi connectivity index (χ2v) is 19.4. The Morgan fingerprint density at radius 3 is 2.63 bits per heavy atom. The number of carbonyl (C=O) groups is 4. The van der Waals surface area contributed by atoms with Gasteiger partial charge in [-0.1, -0.05) is 33.8 Å². The van der Waals surface area contributed by atoms with Crippen LogP contribution in [-0.4, -0.2) is 111 Å². The fourth-order valence-electron chi connectivity index (χ4n) is 8.07. The SMILES string of the molecule is CCn1c(-c2cccnc2C(C)OC)c(CC(C)(C)COC=O)c2cc(-c3csc(CC(NC(=O)C(SN(C)C(=O)N4CC(C#N)C4)C(C)C)C(=O)N4CCCCN4)n3)ccc21. The third kappa shape index (κ3) is 10.4. The summed E-state index contributed by atoms with van der Waals surface area (Å²) in [6.45, 7) is 15.5. The Kier molecular flexibility index (Phi) is 15.3. The predicted molar refractivity (Wildman–Crippen MR) is 242 cm³/mol. The molecule has 2 fully saturated rings. The van der Waals surface area contributed by atoms with Gasteiger partial charge in [-0.05, 0) is 80.8 Å². The first kappa shape index (κ1) is 46.5. The first-order valence-corrected chi connectivity index (χ1v) is 23.0. The maximum absolute atomic E-state index is 14.1. The molecule has 2 N–H and O–H groups in total. The summed E-state index contributed by atoms with van der Waals surface area (Å²) in [6, 6.07) is 11.4. The van der Waals surface area contributed by atoms with E-state index in [1.54, 1.807) is 30.3 Å². The number of aromatic nitrogens is 3. The smallest absolute Gasteiger partial charge is 0.329 e. The number of aryl methyl sites for hydroxylation is 1. The van der Waals surface area contributed by atoms with Crippen molar-refractivity contribution in [2.45, 2.75) is 91.2 Å². The standard InChI is InChI=1S/C45H59N9O6S2/c1-9-53-37-15-14-31(19-33(37)34(21-45(5,6)26-60-27-55)40(53)32-13-12-16-47-39(32)29(4)59-8)36-25-61-38(49-36)20-35(43(57)54-18-11-10-17-48-54)50-42(56)41(28(2)3)62-51(7)44(58)52-23-30(22-46)24-52/h12-16,19,25,27-30,35,41,48H,9-11,17-18,20-21,23-24,26H2,1-8H3,(H,50,56). The summed E-state index contributed by atoms with van der Waals surface area (Å²) >= 11 is 2.56. The maximum atomic E-state index is 14.1. The van der Waals surface area contributed by atoms with Crippen molar-refractivity contribution in [2.75, 3.05) is 46.9 Å². The van der Waals surface area contributed by atoms with Gasteiger partial charge in [0.1, 0.15) is 11.3 Å². The molecule has 2 aliphatic heterocycles. The molecule has 15 nitrogen and oxygen atoms in total. The molecule has 0 bridgehead atoms. The number of rotatable bonds is 18. The number of urea groups is 1. The van der Waals surface area contributed by atoms with Crippen molar-refractivity contribution in [1.29, 1.82) is 5.26 Å². The van der Waals surface area contributed by atoms with Crippen molar-refractivity contribution < 1.29 is 28.7 Å². The van der Waals surface area contributed by atoms with Crippen LogP contribution in [0.3, 0.4) is 0 Å². The molecule has 0 saturated carbocycles. The molecular formula is C45H59N9O6S2. The number of nitriles is 1. The predicted octanol–water partition coefficient (Wildman–Crippen LogP) is 6.63. The number of pyridine rings is 1. The van der Waals surface area contributed by atoms with Crippen LogP contribution in [-0.2, 0) is 43.2 Å². The molecule has 5 heterocycles. The van der Waals surface area contributed by atoms with E-state index in [0.717, 1.165) is 69.5 Å². The van der Waals surface area contributed by atoms with Crippen LogP contribution in [0.4, 0.5) is 4.79 Å². The first-order chi connectivity index (χ1) is 29.7. The van der Waals surface area contributed by atoms with Gasteiger partial charge in [-0.15, -0.1) is 11.3 Å². The Bertz CT molecular complexity index is 2270. The summed E-state index contributed by atoms with van der Waals surface area (Å²) in [6.07, 6.45) is 4.11. The van der Waals surface area contributed by atoms with Crippen LogP contribution in [0.25, 0.3) is 33.4 Å². The Morgan fingerprint density at radius 1 is 1.19 bits per heavy atom. The molecule has 2 aliphatic rings. The molecule has 6 rings (SSSR count). The summed E-state index contributed by atoms with van der Waals surface area (Å²) in [5, 5.41) is 16.9. The quantitative estimate of drug-likeness (QED) is 0.0811. The number of methoxy groups -OCH3 is 1. The van der Waals surface area contributed by atoms with Gasteiger partial charge in [0.2, 0.25) is 5.91 Å². The van der Waals surface area contributed by atoms with Crippen LogP contribution in [0.5, 0.6) is 0 Å². The number of amides is 4. The van der Waals surface area contributed by atoms with Crippen LogP contribution in [0, 0.1) is 28.6 Å². The number of nitrogens with zero attached hydrogens (tertiary/aromatic N) is 7. The topological polar surface area (TPSA) is 175 Å². The zero-order chi connectivity index (χ0) is 44.7. The molecule has 2 saturated heterocycles. The fourth-order valence-corrected chi connectivity index (χ4v) is 9.88. The maximum Gasteiger partial charge on any atom is 0.329 e. The van der Waals surface area contributed by atoms with Crippen LogP contribution < -0.4 is 10.7 Å². The van der Waals surface area contributed by atoms with Crippen molar-refractivity contribution in [3.05, 3.63) is 58.2 Å². The van der Waals surface area contributed by atoms with E-state index in [2.05, 4.69) is 66.4 Å². The van der Waals surface area contributed by atoms with Gasteiger partial charge in [0, 0.05) is 92.3 Å². The Morgan fingerprint density at radius 2 is 1.97 bits per heavy atom. The van der Waals surface area contributed by atoms with E-state index < -0.39 is 16.7 Å². The molecule has 0 aliphatic carbocycles. The minimum atomic E-state index is -0.907. The van der Waals surface area contributed by atoms with Crippen molar-refractivity contribution in [3.8, 4) is 28.6 Å². The van der Waals surface area contributed by atoms with E-state index in [1.165, 1.54) is 15.6 Å². The molecule has 3 atom stereocenters. The molecule has 0 radical (unpaired) electrons. The molecule has 3 unspecified atom stereocenters. The van der Waals surface area contributed by atoms with Gasteiger partial charge in [-0.2, -0.15) is 5.26 Å². The number of benzene rings is 1. The van der Waals surface area contributed by atoms with E-state index in [0.29, 0.717) is 50.6 Å². The lowest BCUT2D eigenvalue weighted by Gasteiger charge is -2.38. The highest BCUT2D eigenvalue weighted by atomic mass is 32.2. The second kappa shape index (κ2) is 20.4. The van der Waals surface area contributed by atoms with E-state index in [4.69, 9.17) is 19.4 Å². The normalized spacial score (nSPS) is 16.1. The molecule has 1 aromatic carbocycles. The summed E-state index contributed by atoms with van der Waals surface area (Å²) < 4.78 is 14.8. The number of carbonyl (C=O) groups excluding carboxylic acids is 4. The van der Waals surface area contributed by atoms with Crippen molar-refractivity contribution in [1.82, 2.24) is 39.5 Å². The molecule has 4 aromatic rings. The molecule has 332 valence electrons. The number of nitrogens with one attached hydrogen (secondary N) is 2. The van der Waals surface area contributed by atoms with Gasteiger partial charge >= 0.3 is 6.03 Å². The van der Waals surface area contributed by atoms with E-state index in [1.807, 2.05) is 32.2 Å². The van der Waals surface area contributed by atoms with E-state index in [9.17, 15) is 24.4 Å². The molecular weight excluding hydrogens is 827 g/mol. The summed E-state index contributed by atoms with van der Waals surface area (Å²) in [5.41, 5.74) is 9.43. The minimum Gasteiger partial charge on any atom is -0.467 e. The highest BCUT2D eigenvalue weighted by Gasteiger charge is 2.37. The van der Waals surface area contributed by atoms with Gasteiger partial charge in [-0.3, -0.25) is 28.7 Å². The molecule has 17 heteroatoms. The van der Waals surface area contributed by atoms with Crippen LogP contribution in [0.2, 0.25) is 0 Å². The second-order valence-electron chi connectivity index (χ2n) is 17.1.